The van der Waals surface area contributed by atoms with E-state index >= 15 is 0 Å². The summed E-state index contributed by atoms with van der Waals surface area (Å²) in [5, 5.41) is 6.66. The third-order valence-electron chi connectivity index (χ3n) is 2.23. The van der Waals surface area contributed by atoms with Gasteiger partial charge in [-0.05, 0) is 23.1 Å². The maximum absolute atomic E-state index is 6.08. The lowest BCUT2D eigenvalue weighted by atomic mass is 10.2. The highest BCUT2D eigenvalue weighted by Crippen LogP contribution is 2.25. The third kappa shape index (κ3) is 2.98. The summed E-state index contributed by atoms with van der Waals surface area (Å²) < 4.78 is 0. The monoisotopic (exact) mass is 271 g/mol. The van der Waals surface area contributed by atoms with Crippen molar-refractivity contribution in [2.24, 2.45) is 0 Å². The first kappa shape index (κ1) is 11.9. The number of thiophene rings is 1. The van der Waals surface area contributed by atoms with Crippen LogP contribution in [0.5, 0.6) is 0 Å². The molecular formula is C12H11Cl2NS. The molecular weight excluding hydrogens is 261 g/mol. The van der Waals surface area contributed by atoms with Crippen molar-refractivity contribution in [1.29, 1.82) is 0 Å². The van der Waals surface area contributed by atoms with Crippen molar-refractivity contribution >= 4 is 34.5 Å². The molecule has 0 bridgehead atoms. The predicted molar refractivity (Wildman–Crippen MR) is 71.3 cm³/mol. The third-order valence-corrected chi connectivity index (χ3v) is 3.96. The van der Waals surface area contributed by atoms with Crippen LogP contribution < -0.4 is 5.32 Å². The summed E-state index contributed by atoms with van der Waals surface area (Å²) in [5.41, 5.74) is 1.03. The van der Waals surface area contributed by atoms with Gasteiger partial charge in [-0.1, -0.05) is 41.4 Å². The highest BCUT2D eigenvalue weighted by atomic mass is 35.5. The van der Waals surface area contributed by atoms with Crippen LogP contribution in [-0.2, 0) is 13.1 Å². The molecule has 0 radical (unpaired) electrons. The molecule has 1 aromatic heterocycles. The van der Waals surface area contributed by atoms with Crippen molar-refractivity contribution in [1.82, 2.24) is 5.32 Å². The minimum absolute atomic E-state index is 0.608. The van der Waals surface area contributed by atoms with Gasteiger partial charge in [0, 0.05) is 18.0 Å². The maximum Gasteiger partial charge on any atom is 0.0637 e. The topological polar surface area (TPSA) is 12.0 Å². The summed E-state index contributed by atoms with van der Waals surface area (Å²) in [5.74, 6) is 0. The van der Waals surface area contributed by atoms with Gasteiger partial charge in [-0.15, -0.1) is 11.3 Å². The summed E-state index contributed by atoms with van der Waals surface area (Å²) in [6.07, 6.45) is 0. The fourth-order valence-electron chi connectivity index (χ4n) is 1.42. The maximum atomic E-state index is 6.08. The van der Waals surface area contributed by atoms with Crippen LogP contribution in [0.3, 0.4) is 0 Å². The van der Waals surface area contributed by atoms with Gasteiger partial charge in [0.2, 0.25) is 0 Å². The van der Waals surface area contributed by atoms with Gasteiger partial charge in [0.25, 0.3) is 0 Å². The molecule has 0 amide bonds. The van der Waals surface area contributed by atoms with E-state index < -0.39 is 0 Å². The molecule has 4 heteroatoms. The molecule has 0 aliphatic heterocycles. The Labute approximate surface area is 109 Å². The van der Waals surface area contributed by atoms with Crippen molar-refractivity contribution in [3.8, 4) is 0 Å². The van der Waals surface area contributed by atoms with Crippen LogP contribution in [0.1, 0.15) is 10.4 Å². The first-order chi connectivity index (χ1) is 7.77. The first-order valence-electron chi connectivity index (χ1n) is 4.93. The standard InChI is InChI=1S/C12H11Cl2NS/c13-11-5-1-3-9(12(11)14)7-15-8-10-4-2-6-16-10/h1-6,15H,7-8H2. The van der Waals surface area contributed by atoms with Gasteiger partial charge in [-0.3, -0.25) is 0 Å². The number of rotatable bonds is 4. The molecule has 0 aliphatic rings. The summed E-state index contributed by atoms with van der Waals surface area (Å²) in [6, 6.07) is 9.85. The normalized spacial score (nSPS) is 10.6. The van der Waals surface area contributed by atoms with E-state index in [1.54, 1.807) is 17.4 Å². The predicted octanol–water partition coefficient (Wildman–Crippen LogP) is 4.34. The van der Waals surface area contributed by atoms with E-state index in [1.165, 1.54) is 4.88 Å². The molecule has 2 rings (SSSR count). The number of hydrogen-bond acceptors (Lipinski definition) is 2. The second kappa shape index (κ2) is 5.69. The molecule has 1 nitrogen and oxygen atoms in total. The summed E-state index contributed by atoms with van der Waals surface area (Å²) in [7, 11) is 0. The molecule has 0 spiro atoms. The zero-order chi connectivity index (χ0) is 11.4. The largest absolute Gasteiger partial charge is 0.308 e. The van der Waals surface area contributed by atoms with Gasteiger partial charge in [0.05, 0.1) is 10.0 Å². The van der Waals surface area contributed by atoms with Crippen LogP contribution in [-0.4, -0.2) is 0 Å². The second-order valence-corrected chi connectivity index (χ2v) is 5.21. The zero-order valence-electron chi connectivity index (χ0n) is 8.54. The van der Waals surface area contributed by atoms with Crippen molar-refractivity contribution in [2.75, 3.05) is 0 Å². The minimum atomic E-state index is 0.608. The Hall–Kier alpha value is -0.540. The van der Waals surface area contributed by atoms with Crippen molar-refractivity contribution in [2.45, 2.75) is 13.1 Å². The molecule has 1 aromatic carbocycles. The van der Waals surface area contributed by atoms with Gasteiger partial charge in [0.15, 0.2) is 0 Å². The Balaban J connectivity index is 1.92. The average Bonchev–Trinajstić information content (AvgIpc) is 2.77. The van der Waals surface area contributed by atoms with Crippen molar-refractivity contribution in [3.05, 3.63) is 56.2 Å². The first-order valence-corrected chi connectivity index (χ1v) is 6.57. The Morgan fingerprint density at radius 2 is 1.94 bits per heavy atom. The highest BCUT2D eigenvalue weighted by Gasteiger charge is 2.03. The molecule has 0 atom stereocenters. The van der Waals surface area contributed by atoms with Crippen LogP contribution in [0.2, 0.25) is 10.0 Å². The number of hydrogen-bond donors (Lipinski definition) is 1. The SMILES string of the molecule is Clc1cccc(CNCc2cccs2)c1Cl. The van der Waals surface area contributed by atoms with E-state index in [9.17, 15) is 0 Å². The summed E-state index contributed by atoms with van der Waals surface area (Å²) >= 11 is 13.8. The minimum Gasteiger partial charge on any atom is -0.308 e. The van der Waals surface area contributed by atoms with Crippen LogP contribution in [0.25, 0.3) is 0 Å². The van der Waals surface area contributed by atoms with E-state index in [4.69, 9.17) is 23.2 Å². The molecule has 0 unspecified atom stereocenters. The van der Waals surface area contributed by atoms with Crippen LogP contribution in [0.15, 0.2) is 35.7 Å². The molecule has 1 heterocycles. The van der Waals surface area contributed by atoms with Crippen molar-refractivity contribution < 1.29 is 0 Å². The molecule has 0 aliphatic carbocycles. The smallest absolute Gasteiger partial charge is 0.0637 e. The molecule has 0 saturated heterocycles. The molecule has 16 heavy (non-hydrogen) atoms. The van der Waals surface area contributed by atoms with Gasteiger partial charge < -0.3 is 5.32 Å². The lowest BCUT2D eigenvalue weighted by Gasteiger charge is -2.06. The number of benzene rings is 1. The van der Waals surface area contributed by atoms with Gasteiger partial charge in [-0.25, -0.2) is 0 Å². The lowest BCUT2D eigenvalue weighted by Crippen LogP contribution is -2.12. The highest BCUT2D eigenvalue weighted by molar-refractivity contribution is 7.09. The van der Waals surface area contributed by atoms with Crippen molar-refractivity contribution in [3.63, 3.8) is 0 Å². The van der Waals surface area contributed by atoms with Gasteiger partial charge in [-0.2, -0.15) is 0 Å². The molecule has 2 aromatic rings. The van der Waals surface area contributed by atoms with E-state index in [1.807, 2.05) is 18.2 Å². The molecule has 0 fully saturated rings. The fraction of sp³-hybridized carbons (Fsp3) is 0.167. The number of halogens is 2. The number of nitrogens with one attached hydrogen (secondary N) is 1. The Morgan fingerprint density at radius 1 is 1.06 bits per heavy atom. The Bertz CT molecular complexity index is 454. The van der Waals surface area contributed by atoms with Crippen LogP contribution >= 0.6 is 34.5 Å². The van der Waals surface area contributed by atoms with E-state index in [0.29, 0.717) is 10.0 Å². The fourth-order valence-corrected chi connectivity index (χ4v) is 2.48. The zero-order valence-corrected chi connectivity index (χ0v) is 10.9. The van der Waals surface area contributed by atoms with E-state index in [2.05, 4.69) is 16.8 Å². The summed E-state index contributed by atoms with van der Waals surface area (Å²) in [6.45, 7) is 1.60. The quantitative estimate of drug-likeness (QED) is 0.872. The molecule has 0 saturated carbocycles. The van der Waals surface area contributed by atoms with E-state index in [0.717, 1.165) is 18.7 Å². The van der Waals surface area contributed by atoms with E-state index in [-0.39, 0.29) is 0 Å². The lowest BCUT2D eigenvalue weighted by molar-refractivity contribution is 0.701. The van der Waals surface area contributed by atoms with Crippen LogP contribution in [0, 0.1) is 0 Å². The van der Waals surface area contributed by atoms with Crippen LogP contribution in [0.4, 0.5) is 0 Å². The average molecular weight is 272 g/mol. The Morgan fingerprint density at radius 3 is 2.69 bits per heavy atom. The van der Waals surface area contributed by atoms with Gasteiger partial charge in [0.1, 0.15) is 0 Å². The Kier molecular flexibility index (Phi) is 4.24. The summed E-state index contributed by atoms with van der Waals surface area (Å²) in [4.78, 5) is 1.32. The second-order valence-electron chi connectivity index (χ2n) is 3.40. The molecule has 84 valence electrons. The van der Waals surface area contributed by atoms with Gasteiger partial charge >= 0.3 is 0 Å². The molecule has 1 N–H and O–H groups in total.